The van der Waals surface area contributed by atoms with Gasteiger partial charge in [0.15, 0.2) is 0 Å². The lowest BCUT2D eigenvalue weighted by Gasteiger charge is -2.40. The van der Waals surface area contributed by atoms with Crippen LogP contribution in [-0.2, 0) is 4.79 Å². The molecule has 0 aromatic heterocycles. The van der Waals surface area contributed by atoms with Gasteiger partial charge in [-0.1, -0.05) is 37.5 Å². The molecule has 3 atom stereocenters. The molecule has 2 fully saturated rings. The van der Waals surface area contributed by atoms with Crippen LogP contribution in [0.25, 0.3) is 11.1 Å². The van der Waals surface area contributed by atoms with E-state index in [4.69, 9.17) is 4.74 Å². The highest BCUT2D eigenvalue weighted by molar-refractivity contribution is 5.81. The molecule has 0 unspecified atom stereocenters. The van der Waals surface area contributed by atoms with Crippen molar-refractivity contribution in [2.24, 2.45) is 11.8 Å². The molecule has 1 saturated heterocycles. The van der Waals surface area contributed by atoms with E-state index in [0.717, 1.165) is 61.2 Å². The van der Waals surface area contributed by atoms with Gasteiger partial charge >= 0.3 is 0 Å². The highest BCUT2D eigenvalue weighted by Crippen LogP contribution is 2.48. The van der Waals surface area contributed by atoms with Crippen molar-refractivity contribution in [1.82, 2.24) is 4.90 Å². The van der Waals surface area contributed by atoms with Gasteiger partial charge in [0, 0.05) is 24.1 Å². The Balaban J connectivity index is 1.52. The molecule has 0 spiro atoms. The number of ether oxygens (including phenoxy) is 1. The first-order valence-corrected chi connectivity index (χ1v) is 11.7. The number of amides is 1. The molecule has 0 radical (unpaired) electrons. The van der Waals surface area contributed by atoms with Gasteiger partial charge in [-0.2, -0.15) is 0 Å². The Kier molecular flexibility index (Phi) is 5.61. The molecule has 0 bridgehead atoms. The maximum Gasteiger partial charge on any atom is 0.226 e. The largest absolute Gasteiger partial charge is 0.497 e. The molecular weight excluding hydrogens is 388 g/mol. The van der Waals surface area contributed by atoms with Gasteiger partial charge in [-0.3, -0.25) is 4.79 Å². The maximum absolute atomic E-state index is 13.5. The first-order chi connectivity index (χ1) is 15.2. The third-order valence-corrected chi connectivity index (χ3v) is 7.51. The van der Waals surface area contributed by atoms with E-state index < -0.39 is 0 Å². The number of aliphatic hydroxyl groups is 1. The molecule has 2 aromatic rings. The SMILES string of the molecule is COc1cccc(-c2ccc3c(c2)[C@@H]2[C@@H](CCN2C(=O)C2CCCCC2)[C@@H](CO)N3)c1. The molecule has 2 aliphatic heterocycles. The summed E-state index contributed by atoms with van der Waals surface area (Å²) in [6.07, 6.45) is 6.55. The molecule has 5 nitrogen and oxygen atoms in total. The van der Waals surface area contributed by atoms with Gasteiger partial charge < -0.3 is 20.1 Å². The van der Waals surface area contributed by atoms with Crippen LogP contribution in [0.4, 0.5) is 5.69 Å². The fraction of sp³-hybridized carbons (Fsp3) is 0.500. The van der Waals surface area contributed by atoms with E-state index in [0.29, 0.717) is 5.91 Å². The van der Waals surface area contributed by atoms with E-state index in [9.17, 15) is 9.90 Å². The van der Waals surface area contributed by atoms with Crippen LogP contribution in [0.1, 0.15) is 50.1 Å². The second-order valence-electron chi connectivity index (χ2n) is 9.23. The minimum atomic E-state index is -0.00988. The van der Waals surface area contributed by atoms with Gasteiger partial charge in [-0.15, -0.1) is 0 Å². The Morgan fingerprint density at radius 3 is 2.68 bits per heavy atom. The first-order valence-electron chi connectivity index (χ1n) is 11.7. The summed E-state index contributed by atoms with van der Waals surface area (Å²) in [6, 6.07) is 14.6. The Morgan fingerprint density at radius 1 is 1.10 bits per heavy atom. The van der Waals surface area contributed by atoms with Crippen LogP contribution in [-0.4, -0.2) is 42.2 Å². The zero-order valence-electron chi connectivity index (χ0n) is 18.2. The standard InChI is InChI=1S/C26H32N2O3/c1-31-20-9-5-8-18(14-20)19-10-11-23-22(15-19)25-21(24(16-29)27-23)12-13-28(25)26(30)17-6-3-2-4-7-17/h5,8-11,14-15,17,21,24-25,27,29H,2-4,6-7,12-13,16H2,1H3/t21-,24+,25-/m0/s1. The van der Waals surface area contributed by atoms with Gasteiger partial charge in [-0.25, -0.2) is 0 Å². The van der Waals surface area contributed by atoms with E-state index in [1.54, 1.807) is 7.11 Å². The van der Waals surface area contributed by atoms with E-state index in [1.807, 2.05) is 18.2 Å². The van der Waals surface area contributed by atoms with E-state index >= 15 is 0 Å². The second kappa shape index (κ2) is 8.54. The maximum atomic E-state index is 13.5. The highest BCUT2D eigenvalue weighted by atomic mass is 16.5. The van der Waals surface area contributed by atoms with E-state index in [1.165, 1.54) is 12.0 Å². The normalized spacial score (nSPS) is 25.5. The van der Waals surface area contributed by atoms with Crippen molar-refractivity contribution in [2.75, 3.05) is 25.6 Å². The third-order valence-electron chi connectivity index (χ3n) is 7.51. The Labute approximate surface area is 184 Å². The fourth-order valence-corrected chi connectivity index (χ4v) is 5.88. The van der Waals surface area contributed by atoms with Crippen molar-refractivity contribution in [2.45, 2.75) is 50.6 Å². The average molecular weight is 421 g/mol. The molecule has 164 valence electrons. The molecule has 2 N–H and O–H groups in total. The molecule has 5 heteroatoms. The highest BCUT2D eigenvalue weighted by Gasteiger charge is 2.46. The zero-order chi connectivity index (χ0) is 21.4. The second-order valence-corrected chi connectivity index (χ2v) is 9.23. The smallest absolute Gasteiger partial charge is 0.226 e. The van der Waals surface area contributed by atoms with Gasteiger partial charge in [-0.05, 0) is 60.2 Å². The number of carbonyl (C=O) groups excluding carboxylic acids is 1. The van der Waals surface area contributed by atoms with E-state index in [2.05, 4.69) is 34.5 Å². The molecule has 2 aromatic carbocycles. The number of carbonyl (C=O) groups is 1. The number of methoxy groups -OCH3 is 1. The van der Waals surface area contributed by atoms with Crippen molar-refractivity contribution in [3.05, 3.63) is 48.0 Å². The minimum Gasteiger partial charge on any atom is -0.497 e. The summed E-state index contributed by atoms with van der Waals surface area (Å²) in [7, 11) is 1.68. The summed E-state index contributed by atoms with van der Waals surface area (Å²) in [4.78, 5) is 15.7. The minimum absolute atomic E-state index is 0.00988. The van der Waals surface area contributed by atoms with Crippen LogP contribution in [0, 0.1) is 11.8 Å². The third kappa shape index (κ3) is 3.69. The van der Waals surface area contributed by atoms with Gasteiger partial charge in [0.05, 0.1) is 25.8 Å². The number of benzene rings is 2. The number of likely N-dealkylation sites (tertiary alicyclic amines) is 1. The summed E-state index contributed by atoms with van der Waals surface area (Å²) in [6.45, 7) is 0.870. The van der Waals surface area contributed by atoms with Crippen molar-refractivity contribution >= 4 is 11.6 Å². The van der Waals surface area contributed by atoms with Crippen molar-refractivity contribution in [3.8, 4) is 16.9 Å². The number of fused-ring (bicyclic) bond motifs is 3. The first kappa shape index (κ1) is 20.4. The summed E-state index contributed by atoms with van der Waals surface area (Å²) in [5, 5.41) is 13.6. The van der Waals surface area contributed by atoms with Crippen LogP contribution in [0.15, 0.2) is 42.5 Å². The molecule has 5 rings (SSSR count). The predicted molar refractivity (Wildman–Crippen MR) is 122 cm³/mol. The van der Waals surface area contributed by atoms with Crippen LogP contribution >= 0.6 is 0 Å². The van der Waals surface area contributed by atoms with Gasteiger partial charge in [0.2, 0.25) is 5.91 Å². The van der Waals surface area contributed by atoms with Crippen molar-refractivity contribution < 1.29 is 14.6 Å². The van der Waals surface area contributed by atoms with Crippen LogP contribution in [0.2, 0.25) is 0 Å². The average Bonchev–Trinajstić information content (AvgIpc) is 3.29. The topological polar surface area (TPSA) is 61.8 Å². The molecule has 1 aliphatic carbocycles. The van der Waals surface area contributed by atoms with Crippen LogP contribution in [0.3, 0.4) is 0 Å². The fourth-order valence-electron chi connectivity index (χ4n) is 5.88. The predicted octanol–water partition coefficient (Wildman–Crippen LogP) is 4.62. The number of rotatable bonds is 4. The van der Waals surface area contributed by atoms with Gasteiger partial charge in [0.1, 0.15) is 5.75 Å². The molecular formula is C26H32N2O3. The van der Waals surface area contributed by atoms with Crippen LogP contribution < -0.4 is 10.1 Å². The summed E-state index contributed by atoms with van der Waals surface area (Å²) >= 11 is 0. The van der Waals surface area contributed by atoms with E-state index in [-0.39, 0.29) is 30.5 Å². The van der Waals surface area contributed by atoms with Crippen molar-refractivity contribution in [1.29, 1.82) is 0 Å². The monoisotopic (exact) mass is 420 g/mol. The lowest BCUT2D eigenvalue weighted by Crippen LogP contribution is -2.44. The molecule has 3 aliphatic rings. The Hall–Kier alpha value is -2.53. The summed E-state index contributed by atoms with van der Waals surface area (Å²) in [5.41, 5.74) is 4.44. The number of hydrogen-bond acceptors (Lipinski definition) is 4. The molecule has 2 heterocycles. The lowest BCUT2D eigenvalue weighted by molar-refractivity contribution is -0.138. The Bertz CT molecular complexity index is 953. The van der Waals surface area contributed by atoms with Crippen molar-refractivity contribution in [3.63, 3.8) is 0 Å². The van der Waals surface area contributed by atoms with Gasteiger partial charge in [0.25, 0.3) is 0 Å². The Morgan fingerprint density at radius 2 is 1.90 bits per heavy atom. The zero-order valence-corrected chi connectivity index (χ0v) is 18.2. The molecule has 31 heavy (non-hydrogen) atoms. The number of aliphatic hydroxyl groups excluding tert-OH is 1. The molecule has 1 saturated carbocycles. The number of nitrogens with one attached hydrogen (secondary N) is 1. The lowest BCUT2D eigenvalue weighted by atomic mass is 9.81. The quantitative estimate of drug-likeness (QED) is 0.758. The summed E-state index contributed by atoms with van der Waals surface area (Å²) in [5.74, 6) is 1.57. The molecule has 1 amide bonds. The number of nitrogens with zero attached hydrogens (tertiary/aromatic N) is 1. The number of anilines is 1. The number of hydrogen-bond donors (Lipinski definition) is 2. The summed E-state index contributed by atoms with van der Waals surface area (Å²) < 4.78 is 5.41. The van der Waals surface area contributed by atoms with Crippen LogP contribution in [0.5, 0.6) is 5.75 Å².